The molecule has 0 spiro atoms. The lowest BCUT2D eigenvalue weighted by molar-refractivity contribution is -0.165. The Kier molecular flexibility index (Phi) is 5.94. The van der Waals surface area contributed by atoms with E-state index in [1.54, 1.807) is 39.0 Å². The zero-order valence-electron chi connectivity index (χ0n) is 12.9. The minimum absolute atomic E-state index is 0.118. The highest BCUT2D eigenvalue weighted by atomic mass is 16.6. The van der Waals surface area contributed by atoms with Gasteiger partial charge in [0.2, 0.25) is 0 Å². The lowest BCUT2D eigenvalue weighted by Crippen LogP contribution is -2.40. The highest BCUT2D eigenvalue weighted by Crippen LogP contribution is 2.22. The maximum atomic E-state index is 11.9. The molecule has 21 heavy (non-hydrogen) atoms. The fraction of sp³-hybridized carbons (Fsp3) is 0.562. The first-order valence-corrected chi connectivity index (χ1v) is 6.78. The van der Waals surface area contributed by atoms with Gasteiger partial charge < -0.3 is 14.2 Å². The van der Waals surface area contributed by atoms with Crippen LogP contribution < -0.4 is 0 Å². The maximum Gasteiger partial charge on any atom is 0.311 e. The summed E-state index contributed by atoms with van der Waals surface area (Å²) in [5.74, 6) is -0.689. The summed E-state index contributed by atoms with van der Waals surface area (Å²) >= 11 is 0. The molecule has 1 rings (SSSR count). The van der Waals surface area contributed by atoms with E-state index >= 15 is 0 Å². The van der Waals surface area contributed by atoms with Crippen molar-refractivity contribution in [1.82, 2.24) is 0 Å². The van der Waals surface area contributed by atoms with E-state index in [1.165, 1.54) is 6.92 Å². The van der Waals surface area contributed by atoms with Gasteiger partial charge in [-0.3, -0.25) is 9.59 Å². The molecule has 0 aromatic rings. The van der Waals surface area contributed by atoms with Gasteiger partial charge in [-0.1, -0.05) is 12.7 Å². The molecule has 0 N–H and O–H groups in total. The first-order valence-electron chi connectivity index (χ1n) is 6.78. The van der Waals surface area contributed by atoms with Crippen molar-refractivity contribution in [1.29, 1.82) is 0 Å². The van der Waals surface area contributed by atoms with Crippen molar-refractivity contribution in [3.8, 4) is 0 Å². The predicted molar refractivity (Wildman–Crippen MR) is 77.5 cm³/mol. The molecular weight excluding hydrogens is 272 g/mol. The Hall–Kier alpha value is -1.84. The van der Waals surface area contributed by atoms with Gasteiger partial charge >= 0.3 is 11.9 Å². The van der Waals surface area contributed by atoms with Gasteiger partial charge in [0.25, 0.3) is 0 Å². The predicted octanol–water partition coefficient (Wildman–Crippen LogP) is 2.17. The minimum atomic E-state index is -0.592. The molecular formula is C16H22O5. The van der Waals surface area contributed by atoms with E-state index < -0.39 is 17.6 Å². The quantitative estimate of drug-likeness (QED) is 0.452. The number of ether oxygens (including phenoxy) is 3. The summed E-state index contributed by atoms with van der Waals surface area (Å²) in [7, 11) is 0. The van der Waals surface area contributed by atoms with Crippen molar-refractivity contribution in [2.24, 2.45) is 5.41 Å². The van der Waals surface area contributed by atoms with Gasteiger partial charge in [0, 0.05) is 6.92 Å². The lowest BCUT2D eigenvalue weighted by Gasteiger charge is -2.31. The summed E-state index contributed by atoms with van der Waals surface area (Å²) in [6, 6.07) is 0. The second-order valence-electron chi connectivity index (χ2n) is 5.82. The number of carbonyl (C=O) groups excluding carboxylic acids is 2. The monoisotopic (exact) mass is 294 g/mol. The van der Waals surface area contributed by atoms with Crippen LogP contribution in [-0.2, 0) is 23.8 Å². The molecule has 1 aliphatic rings. The zero-order valence-corrected chi connectivity index (χ0v) is 12.9. The van der Waals surface area contributed by atoms with Gasteiger partial charge in [-0.2, -0.15) is 0 Å². The van der Waals surface area contributed by atoms with Crippen LogP contribution in [0.4, 0.5) is 0 Å². The van der Waals surface area contributed by atoms with E-state index in [-0.39, 0.29) is 24.6 Å². The molecule has 5 heteroatoms. The molecule has 116 valence electrons. The third kappa shape index (κ3) is 5.58. The highest BCUT2D eigenvalue weighted by Gasteiger charge is 2.32. The number of hydrogen-bond donors (Lipinski definition) is 0. The Morgan fingerprint density at radius 2 is 2.05 bits per heavy atom. The van der Waals surface area contributed by atoms with Gasteiger partial charge in [-0.15, -0.1) is 5.73 Å². The number of hydrogen-bond acceptors (Lipinski definition) is 5. The minimum Gasteiger partial charge on any atom is -0.463 e. The maximum absolute atomic E-state index is 11.9. The standard InChI is InChI=1S/C16H22O5/c1-6-7-13-14(21-15(18)16(3,4)5)9-8-12(20-13)10-19-11(2)17/h7-9,12-14H,1,10H2,2-5H3/t12-,13+,14+/m0/s1. The Balaban J connectivity index is 2.75. The summed E-state index contributed by atoms with van der Waals surface area (Å²) in [5, 5.41) is 0. The topological polar surface area (TPSA) is 61.8 Å². The molecule has 0 saturated heterocycles. The van der Waals surface area contributed by atoms with Crippen molar-refractivity contribution in [2.75, 3.05) is 6.61 Å². The Bertz CT molecular complexity index is 466. The van der Waals surface area contributed by atoms with Crippen molar-refractivity contribution in [2.45, 2.75) is 46.0 Å². The van der Waals surface area contributed by atoms with Gasteiger partial charge in [0.1, 0.15) is 18.8 Å². The van der Waals surface area contributed by atoms with E-state index in [4.69, 9.17) is 14.2 Å². The summed E-state index contributed by atoms with van der Waals surface area (Å²) in [5.41, 5.74) is 2.04. The smallest absolute Gasteiger partial charge is 0.311 e. The van der Waals surface area contributed by atoms with Crippen molar-refractivity contribution in [3.63, 3.8) is 0 Å². The highest BCUT2D eigenvalue weighted by molar-refractivity contribution is 5.75. The normalized spacial score (nSPS) is 24.9. The van der Waals surface area contributed by atoms with Crippen LogP contribution >= 0.6 is 0 Å². The van der Waals surface area contributed by atoms with Gasteiger partial charge in [-0.05, 0) is 32.9 Å². The third-order valence-electron chi connectivity index (χ3n) is 2.76. The zero-order chi connectivity index (χ0) is 16.0. The van der Waals surface area contributed by atoms with Gasteiger partial charge in [0.05, 0.1) is 5.41 Å². The third-order valence-corrected chi connectivity index (χ3v) is 2.76. The number of esters is 2. The summed E-state index contributed by atoms with van der Waals surface area (Å²) < 4.78 is 16.0. The van der Waals surface area contributed by atoms with E-state index in [1.807, 2.05) is 0 Å². The molecule has 0 fully saturated rings. The largest absolute Gasteiger partial charge is 0.463 e. The molecule has 5 nitrogen and oxygen atoms in total. The van der Waals surface area contributed by atoms with Crippen LogP contribution in [0.2, 0.25) is 0 Å². The van der Waals surface area contributed by atoms with Gasteiger partial charge in [-0.25, -0.2) is 0 Å². The van der Waals surface area contributed by atoms with Crippen LogP contribution in [0.1, 0.15) is 27.7 Å². The van der Waals surface area contributed by atoms with Crippen LogP contribution in [0.15, 0.2) is 30.5 Å². The molecule has 0 amide bonds. The summed E-state index contributed by atoms with van der Waals surface area (Å²) in [6.45, 7) is 10.3. The summed E-state index contributed by atoms with van der Waals surface area (Å²) in [4.78, 5) is 22.8. The Morgan fingerprint density at radius 3 is 2.57 bits per heavy atom. The molecule has 0 radical (unpaired) electrons. The lowest BCUT2D eigenvalue weighted by atomic mass is 9.97. The van der Waals surface area contributed by atoms with E-state index in [0.717, 1.165) is 0 Å². The Morgan fingerprint density at radius 1 is 1.38 bits per heavy atom. The fourth-order valence-corrected chi connectivity index (χ4v) is 1.62. The first kappa shape index (κ1) is 17.2. The molecule has 0 bridgehead atoms. The molecule has 1 heterocycles. The van der Waals surface area contributed by atoms with E-state index in [9.17, 15) is 9.59 Å². The van der Waals surface area contributed by atoms with E-state index in [0.29, 0.717) is 0 Å². The number of rotatable bonds is 4. The molecule has 0 aromatic carbocycles. The fourth-order valence-electron chi connectivity index (χ4n) is 1.62. The first-order chi connectivity index (χ1) is 9.74. The molecule has 1 aliphatic heterocycles. The van der Waals surface area contributed by atoms with Crippen LogP contribution in [-0.4, -0.2) is 36.9 Å². The summed E-state index contributed by atoms with van der Waals surface area (Å²) in [6.07, 6.45) is 3.62. The van der Waals surface area contributed by atoms with Crippen LogP contribution in [0, 0.1) is 5.41 Å². The van der Waals surface area contributed by atoms with Crippen LogP contribution in [0.25, 0.3) is 0 Å². The molecule has 0 saturated carbocycles. The second kappa shape index (κ2) is 7.25. The molecule has 0 aromatic heterocycles. The average Bonchev–Trinajstić information content (AvgIpc) is 2.38. The number of carbonyl (C=O) groups is 2. The second-order valence-corrected chi connectivity index (χ2v) is 5.82. The van der Waals surface area contributed by atoms with Crippen molar-refractivity contribution >= 4 is 11.9 Å². The van der Waals surface area contributed by atoms with E-state index in [2.05, 4.69) is 12.3 Å². The van der Waals surface area contributed by atoms with Crippen LogP contribution in [0.5, 0.6) is 0 Å². The molecule has 0 unspecified atom stereocenters. The average molecular weight is 294 g/mol. The molecule has 3 atom stereocenters. The van der Waals surface area contributed by atoms with Crippen molar-refractivity contribution < 1.29 is 23.8 Å². The van der Waals surface area contributed by atoms with Crippen molar-refractivity contribution in [3.05, 3.63) is 30.5 Å². The van der Waals surface area contributed by atoms with Crippen LogP contribution in [0.3, 0.4) is 0 Å². The molecule has 0 aliphatic carbocycles. The Labute approximate surface area is 125 Å². The SMILES string of the molecule is C=C=C[C@H]1O[C@H](COC(C)=O)C=C[C@H]1OC(=O)C(C)(C)C. The van der Waals surface area contributed by atoms with Gasteiger partial charge in [0.15, 0.2) is 6.10 Å².